The second kappa shape index (κ2) is 7.16. The maximum absolute atomic E-state index is 6.90. The van der Waals surface area contributed by atoms with Gasteiger partial charge in [0.15, 0.2) is 14.6 Å². The van der Waals surface area contributed by atoms with Gasteiger partial charge >= 0.3 is 0 Å². The second-order valence-corrected chi connectivity index (χ2v) is 5.09. The van der Waals surface area contributed by atoms with Crippen LogP contribution in [0.5, 0.6) is 0 Å². The number of thiol groups is 1. The fourth-order valence-corrected chi connectivity index (χ4v) is 2.59. The van der Waals surface area contributed by atoms with E-state index in [4.69, 9.17) is 11.1 Å². The molecule has 1 aromatic rings. The van der Waals surface area contributed by atoms with Crippen LogP contribution in [0.1, 0.15) is 0 Å². The predicted molar refractivity (Wildman–Crippen MR) is 65.0 cm³/mol. The molecule has 1 aromatic heterocycles. The van der Waals surface area contributed by atoms with Gasteiger partial charge in [-0.05, 0) is 0 Å². The Balaban J connectivity index is 0.00000169. The van der Waals surface area contributed by atoms with Gasteiger partial charge < -0.3 is 11.1 Å². The van der Waals surface area contributed by atoms with Gasteiger partial charge in [0.2, 0.25) is 0 Å². The summed E-state index contributed by atoms with van der Waals surface area (Å²) in [4.78, 5) is 0. The summed E-state index contributed by atoms with van der Waals surface area (Å²) >= 11 is 7.05. The van der Waals surface area contributed by atoms with Gasteiger partial charge in [0.1, 0.15) is 0 Å². The average molecular weight is 272 g/mol. The number of guanidine groups is 1. The Morgan fingerprint density at radius 1 is 1.64 bits per heavy atom. The molecule has 1 heterocycles. The molecule has 14 heavy (non-hydrogen) atoms. The highest BCUT2D eigenvalue weighted by Gasteiger charge is 2.00. The fraction of sp³-hybridized carbons (Fsp3) is 0.400. The third-order valence-electron chi connectivity index (χ3n) is 1.04. The third-order valence-corrected chi connectivity index (χ3v) is 3.26. The number of aromatic nitrogens is 2. The minimum atomic E-state index is -0.00671. The molecule has 0 saturated heterocycles. The fourth-order valence-electron chi connectivity index (χ4n) is 0.585. The number of rotatable bonds is 4. The van der Waals surface area contributed by atoms with Gasteiger partial charge in [-0.25, -0.2) is 0 Å². The van der Waals surface area contributed by atoms with E-state index in [9.17, 15) is 0 Å². The van der Waals surface area contributed by atoms with Crippen LogP contribution < -0.4 is 11.1 Å². The van der Waals surface area contributed by atoms with Crippen molar-refractivity contribution in [1.29, 1.82) is 5.41 Å². The molecule has 0 spiro atoms. The van der Waals surface area contributed by atoms with E-state index in [-0.39, 0.29) is 18.4 Å². The highest BCUT2D eigenvalue weighted by molar-refractivity contribution is 8.01. The second-order valence-electron chi connectivity index (χ2n) is 2.04. The molecule has 0 aliphatic heterocycles. The van der Waals surface area contributed by atoms with E-state index in [1.807, 2.05) is 0 Å². The first kappa shape index (κ1) is 13.8. The number of nitrogens with two attached hydrogens (primary N) is 1. The molecule has 80 valence electrons. The minimum Gasteiger partial charge on any atom is -0.370 e. The Morgan fingerprint density at radius 3 is 2.86 bits per heavy atom. The molecule has 0 saturated carbocycles. The summed E-state index contributed by atoms with van der Waals surface area (Å²) in [5, 5.41) is 17.2. The molecular weight excluding hydrogens is 262 g/mol. The Morgan fingerprint density at radius 2 is 2.36 bits per heavy atom. The van der Waals surface area contributed by atoms with Crippen molar-refractivity contribution in [3.8, 4) is 0 Å². The molecule has 1 rings (SSSR count). The van der Waals surface area contributed by atoms with Crippen molar-refractivity contribution in [2.75, 3.05) is 12.3 Å². The molecule has 9 heteroatoms. The normalized spacial score (nSPS) is 9.21. The highest BCUT2D eigenvalue weighted by atomic mass is 35.5. The summed E-state index contributed by atoms with van der Waals surface area (Å²) in [7, 11) is 0. The summed E-state index contributed by atoms with van der Waals surface area (Å²) in [5.74, 6) is 0.801. The van der Waals surface area contributed by atoms with Crippen LogP contribution in [-0.2, 0) is 0 Å². The monoisotopic (exact) mass is 271 g/mol. The van der Waals surface area contributed by atoms with Crippen molar-refractivity contribution >= 4 is 54.1 Å². The lowest BCUT2D eigenvalue weighted by atomic mass is 10.7. The smallest absolute Gasteiger partial charge is 0.185 e. The first-order valence-corrected chi connectivity index (χ1v) is 5.66. The third kappa shape index (κ3) is 5.53. The van der Waals surface area contributed by atoms with Crippen molar-refractivity contribution in [3.63, 3.8) is 0 Å². The topological polar surface area (TPSA) is 87.7 Å². The number of nitrogens with zero attached hydrogens (tertiary/aromatic N) is 2. The Hall–Kier alpha value is -0.180. The van der Waals surface area contributed by atoms with Crippen LogP contribution in [0.15, 0.2) is 8.68 Å². The van der Waals surface area contributed by atoms with E-state index in [2.05, 4.69) is 28.1 Å². The van der Waals surface area contributed by atoms with Gasteiger partial charge in [0.05, 0.1) is 0 Å². The Labute approximate surface area is 102 Å². The van der Waals surface area contributed by atoms with E-state index < -0.39 is 0 Å². The summed E-state index contributed by atoms with van der Waals surface area (Å²) in [5.41, 5.74) is 5.10. The van der Waals surface area contributed by atoms with Gasteiger partial charge in [-0.2, -0.15) is 0 Å². The van der Waals surface area contributed by atoms with Crippen molar-refractivity contribution < 1.29 is 0 Å². The van der Waals surface area contributed by atoms with Crippen molar-refractivity contribution in [3.05, 3.63) is 0 Å². The number of nitrogens with one attached hydrogen (secondary N) is 2. The number of halogens is 1. The Kier molecular flexibility index (Phi) is 7.06. The maximum Gasteiger partial charge on any atom is 0.185 e. The van der Waals surface area contributed by atoms with Gasteiger partial charge in [0.25, 0.3) is 0 Å². The molecule has 0 atom stereocenters. The van der Waals surface area contributed by atoms with E-state index >= 15 is 0 Å². The Bertz CT molecular complexity index is 291. The molecule has 5 nitrogen and oxygen atoms in total. The van der Waals surface area contributed by atoms with E-state index in [0.717, 1.165) is 10.1 Å². The largest absolute Gasteiger partial charge is 0.370 e. The van der Waals surface area contributed by atoms with Crippen LogP contribution in [0, 0.1) is 5.41 Å². The number of hydrogen-bond donors (Lipinski definition) is 4. The summed E-state index contributed by atoms with van der Waals surface area (Å²) in [6.45, 7) is 0.654. The molecule has 0 aromatic carbocycles. The van der Waals surface area contributed by atoms with Crippen molar-refractivity contribution in [2.45, 2.75) is 8.68 Å². The van der Waals surface area contributed by atoms with Crippen molar-refractivity contribution in [2.24, 2.45) is 5.73 Å². The molecule has 0 bridgehead atoms. The van der Waals surface area contributed by atoms with Gasteiger partial charge in [-0.15, -0.1) is 35.2 Å². The van der Waals surface area contributed by atoms with Crippen LogP contribution in [-0.4, -0.2) is 28.5 Å². The van der Waals surface area contributed by atoms with Gasteiger partial charge in [0, 0.05) is 12.3 Å². The molecule has 0 aliphatic rings. The van der Waals surface area contributed by atoms with Crippen LogP contribution in [0.25, 0.3) is 0 Å². The predicted octanol–water partition coefficient (Wildman–Crippen LogP) is 0.824. The van der Waals surface area contributed by atoms with Crippen molar-refractivity contribution in [1.82, 2.24) is 15.5 Å². The SMILES string of the molecule is Cl.N=C(N)NCCSc1nnc(S)s1. The first-order chi connectivity index (χ1) is 6.18. The van der Waals surface area contributed by atoms with Gasteiger partial charge in [-0.3, -0.25) is 5.41 Å². The van der Waals surface area contributed by atoms with Crippen LogP contribution in [0.2, 0.25) is 0 Å². The van der Waals surface area contributed by atoms with E-state index in [0.29, 0.717) is 10.9 Å². The lowest BCUT2D eigenvalue weighted by Gasteiger charge is -2.00. The quantitative estimate of drug-likeness (QED) is 0.214. The maximum atomic E-state index is 6.90. The molecule has 0 unspecified atom stereocenters. The average Bonchev–Trinajstić information content (AvgIpc) is 2.45. The zero-order valence-electron chi connectivity index (χ0n) is 7.06. The minimum absolute atomic E-state index is 0. The number of thioether (sulfide) groups is 1. The molecule has 0 radical (unpaired) electrons. The summed E-state index contributed by atoms with van der Waals surface area (Å²) in [6.07, 6.45) is 0. The molecule has 0 amide bonds. The van der Waals surface area contributed by atoms with Gasteiger partial charge in [-0.1, -0.05) is 23.1 Å². The molecule has 0 aliphatic carbocycles. The first-order valence-electron chi connectivity index (χ1n) is 3.41. The highest BCUT2D eigenvalue weighted by Crippen LogP contribution is 2.23. The van der Waals surface area contributed by atoms with Crippen LogP contribution in [0.4, 0.5) is 0 Å². The number of hydrogen-bond acceptors (Lipinski definition) is 6. The zero-order valence-corrected chi connectivity index (χ0v) is 10.4. The van der Waals surface area contributed by atoms with E-state index in [1.165, 1.54) is 11.3 Å². The van der Waals surface area contributed by atoms with Crippen LogP contribution >= 0.6 is 48.1 Å². The molecular formula is C5H10ClN5S3. The molecule has 4 N–H and O–H groups in total. The van der Waals surface area contributed by atoms with Crippen LogP contribution in [0.3, 0.4) is 0 Å². The standard InChI is InChI=1S/C5H9N5S3.ClH/c6-3(7)8-1-2-12-5-10-9-4(11)13-5;/h1-2H2,(H,9,11)(H4,6,7,8);1H. The zero-order chi connectivity index (χ0) is 9.68. The lowest BCUT2D eigenvalue weighted by molar-refractivity contribution is 0.940. The molecule has 0 fully saturated rings. The van der Waals surface area contributed by atoms with E-state index in [1.54, 1.807) is 11.8 Å². The summed E-state index contributed by atoms with van der Waals surface area (Å²) in [6, 6.07) is 0. The lowest BCUT2D eigenvalue weighted by Crippen LogP contribution is -2.31. The summed E-state index contributed by atoms with van der Waals surface area (Å²) < 4.78 is 1.55.